The first kappa shape index (κ1) is 10.8. The quantitative estimate of drug-likeness (QED) is 0.716. The molecule has 2 rings (SSSR count). The highest BCUT2D eigenvalue weighted by atomic mass is 16.5. The summed E-state index contributed by atoms with van der Waals surface area (Å²) in [5.74, 6) is 0.886. The van der Waals surface area contributed by atoms with Crippen LogP contribution < -0.4 is 9.47 Å². The number of carbonyl (C=O) groups excluding carboxylic acids is 1. The molecule has 0 saturated carbocycles. The van der Waals surface area contributed by atoms with Gasteiger partial charge in [-0.1, -0.05) is 0 Å². The Hall–Kier alpha value is -1.71. The van der Waals surface area contributed by atoms with Crippen molar-refractivity contribution in [3.8, 4) is 11.5 Å². The maximum Gasteiger partial charge on any atom is 0.341 e. The van der Waals surface area contributed by atoms with Crippen molar-refractivity contribution in [2.24, 2.45) is 0 Å². The summed E-state index contributed by atoms with van der Waals surface area (Å²) in [7, 11) is 2.89. The molecule has 0 atom stereocenters. The number of aryl methyl sites for hydroxylation is 1. The van der Waals surface area contributed by atoms with Crippen LogP contribution in [0.2, 0.25) is 0 Å². The average molecular weight is 222 g/mol. The highest BCUT2D eigenvalue weighted by molar-refractivity contribution is 5.93. The van der Waals surface area contributed by atoms with E-state index in [1.54, 1.807) is 6.07 Å². The number of benzene rings is 1. The van der Waals surface area contributed by atoms with Crippen molar-refractivity contribution in [2.75, 3.05) is 20.8 Å². The van der Waals surface area contributed by atoms with Crippen LogP contribution in [-0.4, -0.2) is 26.8 Å². The second-order valence-corrected chi connectivity index (χ2v) is 3.60. The molecule has 0 unspecified atom stereocenters. The smallest absolute Gasteiger partial charge is 0.341 e. The number of hydrogen-bond donors (Lipinski definition) is 0. The summed E-state index contributed by atoms with van der Waals surface area (Å²) in [6.45, 7) is 0.694. The van der Waals surface area contributed by atoms with Gasteiger partial charge in [0.15, 0.2) is 0 Å². The van der Waals surface area contributed by atoms with E-state index in [1.807, 2.05) is 6.07 Å². The molecular formula is C12H14O4. The molecule has 4 heteroatoms. The van der Waals surface area contributed by atoms with Gasteiger partial charge in [-0.2, -0.15) is 0 Å². The van der Waals surface area contributed by atoms with E-state index in [2.05, 4.69) is 0 Å². The van der Waals surface area contributed by atoms with Gasteiger partial charge in [-0.25, -0.2) is 4.79 Å². The predicted molar refractivity (Wildman–Crippen MR) is 58.1 cm³/mol. The standard InChI is InChI=1S/C12H14O4/c1-14-11-6-8-4-3-5-16-10(8)7-9(11)12(13)15-2/h6-7H,3-5H2,1-2H3. The Morgan fingerprint density at radius 1 is 1.38 bits per heavy atom. The molecule has 0 bridgehead atoms. The Bertz CT molecular complexity index is 412. The van der Waals surface area contributed by atoms with Crippen molar-refractivity contribution in [2.45, 2.75) is 12.8 Å². The van der Waals surface area contributed by atoms with E-state index in [9.17, 15) is 4.79 Å². The van der Waals surface area contributed by atoms with Gasteiger partial charge >= 0.3 is 5.97 Å². The zero-order valence-electron chi connectivity index (χ0n) is 9.41. The van der Waals surface area contributed by atoms with E-state index in [0.717, 1.165) is 24.2 Å². The number of methoxy groups -OCH3 is 2. The molecule has 0 fully saturated rings. The zero-order chi connectivity index (χ0) is 11.5. The molecule has 86 valence electrons. The third-order valence-corrected chi connectivity index (χ3v) is 2.64. The Morgan fingerprint density at radius 2 is 2.19 bits per heavy atom. The number of esters is 1. The number of rotatable bonds is 2. The van der Waals surface area contributed by atoms with Crippen LogP contribution in [0.1, 0.15) is 22.3 Å². The minimum absolute atomic E-state index is 0.408. The Balaban J connectivity index is 2.47. The summed E-state index contributed by atoms with van der Waals surface area (Å²) >= 11 is 0. The van der Waals surface area contributed by atoms with E-state index in [4.69, 9.17) is 14.2 Å². The Morgan fingerprint density at radius 3 is 2.88 bits per heavy atom. The third kappa shape index (κ3) is 1.83. The van der Waals surface area contributed by atoms with E-state index in [0.29, 0.717) is 17.9 Å². The molecule has 0 amide bonds. The van der Waals surface area contributed by atoms with Crippen LogP contribution in [0.5, 0.6) is 11.5 Å². The maximum absolute atomic E-state index is 11.5. The highest BCUT2D eigenvalue weighted by Gasteiger charge is 2.19. The predicted octanol–water partition coefficient (Wildman–Crippen LogP) is 1.81. The van der Waals surface area contributed by atoms with Gasteiger partial charge < -0.3 is 14.2 Å². The number of ether oxygens (including phenoxy) is 3. The van der Waals surface area contributed by atoms with Crippen LogP contribution in [0.3, 0.4) is 0 Å². The topological polar surface area (TPSA) is 44.8 Å². The minimum Gasteiger partial charge on any atom is -0.496 e. The first-order chi connectivity index (χ1) is 7.76. The monoisotopic (exact) mass is 222 g/mol. The fraction of sp³-hybridized carbons (Fsp3) is 0.417. The summed E-state index contributed by atoms with van der Waals surface area (Å²) in [6.07, 6.45) is 1.95. The van der Waals surface area contributed by atoms with Gasteiger partial charge in [0.1, 0.15) is 17.1 Å². The van der Waals surface area contributed by atoms with Crippen molar-refractivity contribution in [3.63, 3.8) is 0 Å². The van der Waals surface area contributed by atoms with Gasteiger partial charge in [-0.05, 0) is 30.5 Å². The van der Waals surface area contributed by atoms with Gasteiger partial charge in [0, 0.05) is 0 Å². The van der Waals surface area contributed by atoms with E-state index in [1.165, 1.54) is 14.2 Å². The van der Waals surface area contributed by atoms with Gasteiger partial charge in [0.25, 0.3) is 0 Å². The molecule has 0 spiro atoms. The van der Waals surface area contributed by atoms with Crippen LogP contribution in [-0.2, 0) is 11.2 Å². The molecule has 1 aliphatic heterocycles. The summed E-state index contributed by atoms with van der Waals surface area (Å²) in [4.78, 5) is 11.5. The van der Waals surface area contributed by atoms with Crippen molar-refractivity contribution in [3.05, 3.63) is 23.3 Å². The summed E-state index contributed by atoms with van der Waals surface area (Å²) in [5, 5.41) is 0. The molecule has 0 N–H and O–H groups in total. The fourth-order valence-corrected chi connectivity index (χ4v) is 1.81. The largest absolute Gasteiger partial charge is 0.496 e. The molecule has 1 aromatic rings. The number of carbonyl (C=O) groups is 1. The Kier molecular flexibility index (Phi) is 2.99. The van der Waals surface area contributed by atoms with Crippen molar-refractivity contribution < 1.29 is 19.0 Å². The van der Waals surface area contributed by atoms with Crippen LogP contribution in [0.15, 0.2) is 12.1 Å². The SMILES string of the molecule is COC(=O)c1cc2c(cc1OC)CCCO2. The highest BCUT2D eigenvalue weighted by Crippen LogP contribution is 2.32. The zero-order valence-corrected chi connectivity index (χ0v) is 9.41. The maximum atomic E-state index is 11.5. The van der Waals surface area contributed by atoms with Crippen LogP contribution >= 0.6 is 0 Å². The average Bonchev–Trinajstić information content (AvgIpc) is 2.36. The minimum atomic E-state index is -0.408. The molecule has 1 aromatic carbocycles. The molecule has 0 aromatic heterocycles. The number of fused-ring (bicyclic) bond motifs is 1. The lowest BCUT2D eigenvalue weighted by molar-refractivity contribution is 0.0596. The molecule has 1 heterocycles. The lowest BCUT2D eigenvalue weighted by atomic mass is 10.0. The lowest BCUT2D eigenvalue weighted by Crippen LogP contribution is -2.11. The second kappa shape index (κ2) is 4.43. The molecule has 0 saturated heterocycles. The van der Waals surface area contributed by atoms with Crippen LogP contribution in [0.25, 0.3) is 0 Å². The number of hydrogen-bond acceptors (Lipinski definition) is 4. The van der Waals surface area contributed by atoms with Gasteiger partial charge in [0.2, 0.25) is 0 Å². The molecule has 4 nitrogen and oxygen atoms in total. The normalized spacial score (nSPS) is 13.6. The van der Waals surface area contributed by atoms with Crippen LogP contribution in [0.4, 0.5) is 0 Å². The molecule has 0 aliphatic carbocycles. The second-order valence-electron chi connectivity index (χ2n) is 3.60. The molecule has 0 radical (unpaired) electrons. The first-order valence-electron chi connectivity index (χ1n) is 5.18. The summed E-state index contributed by atoms with van der Waals surface area (Å²) in [5.41, 5.74) is 1.49. The van der Waals surface area contributed by atoms with E-state index >= 15 is 0 Å². The Labute approximate surface area is 94.1 Å². The molecule has 1 aliphatic rings. The molecular weight excluding hydrogens is 208 g/mol. The summed E-state index contributed by atoms with van der Waals surface area (Å²) < 4.78 is 15.4. The molecule has 16 heavy (non-hydrogen) atoms. The van der Waals surface area contributed by atoms with Crippen molar-refractivity contribution >= 4 is 5.97 Å². The van der Waals surface area contributed by atoms with Crippen molar-refractivity contribution in [1.29, 1.82) is 0 Å². The van der Waals surface area contributed by atoms with E-state index < -0.39 is 5.97 Å². The first-order valence-corrected chi connectivity index (χ1v) is 5.18. The van der Waals surface area contributed by atoms with Crippen LogP contribution in [0, 0.1) is 0 Å². The van der Waals surface area contributed by atoms with Gasteiger partial charge in [-0.3, -0.25) is 0 Å². The fourth-order valence-electron chi connectivity index (χ4n) is 1.81. The van der Waals surface area contributed by atoms with Gasteiger partial charge in [-0.15, -0.1) is 0 Å². The summed E-state index contributed by atoms with van der Waals surface area (Å²) in [6, 6.07) is 3.54. The third-order valence-electron chi connectivity index (χ3n) is 2.64. The van der Waals surface area contributed by atoms with Gasteiger partial charge in [0.05, 0.1) is 20.8 Å². The van der Waals surface area contributed by atoms with Crippen molar-refractivity contribution in [1.82, 2.24) is 0 Å². The lowest BCUT2D eigenvalue weighted by Gasteiger charge is -2.19. The van der Waals surface area contributed by atoms with E-state index in [-0.39, 0.29) is 0 Å².